The van der Waals surface area contributed by atoms with E-state index in [2.05, 4.69) is 40.9 Å². The van der Waals surface area contributed by atoms with E-state index in [9.17, 15) is 0 Å². The Morgan fingerprint density at radius 1 is 1.04 bits per heavy atom. The molecule has 126 valence electrons. The molecule has 1 aromatic rings. The minimum atomic E-state index is 0.355. The second kappa shape index (κ2) is 6.30. The molecule has 1 aromatic carbocycles. The van der Waals surface area contributed by atoms with Crippen molar-refractivity contribution in [3.8, 4) is 11.5 Å². The van der Waals surface area contributed by atoms with Crippen LogP contribution in [-0.2, 0) is 6.54 Å². The van der Waals surface area contributed by atoms with Gasteiger partial charge in [-0.15, -0.1) is 0 Å². The molecule has 5 heteroatoms. The third kappa shape index (κ3) is 3.05. The minimum Gasteiger partial charge on any atom is -0.454 e. The number of benzene rings is 1. The van der Waals surface area contributed by atoms with Gasteiger partial charge in [0.25, 0.3) is 0 Å². The van der Waals surface area contributed by atoms with Gasteiger partial charge >= 0.3 is 0 Å². The Labute approximate surface area is 138 Å². The summed E-state index contributed by atoms with van der Waals surface area (Å²) >= 11 is 0. The van der Waals surface area contributed by atoms with Crippen molar-refractivity contribution in [1.29, 1.82) is 0 Å². The molecule has 0 N–H and O–H groups in total. The molecule has 0 bridgehead atoms. The summed E-state index contributed by atoms with van der Waals surface area (Å²) in [6, 6.07) is 7.85. The summed E-state index contributed by atoms with van der Waals surface area (Å²) in [6.07, 6.45) is 2.62. The fraction of sp³-hybridized carbons (Fsp3) is 0.667. The van der Waals surface area contributed by atoms with Crippen molar-refractivity contribution in [3.05, 3.63) is 23.8 Å². The van der Waals surface area contributed by atoms with Gasteiger partial charge < -0.3 is 14.4 Å². The van der Waals surface area contributed by atoms with E-state index in [4.69, 9.17) is 9.47 Å². The standard InChI is InChI=1S/C18H27N3O2/c1-19(2)9-10-20-7-5-16-15(20)6-8-21(16)12-14-3-4-17-18(11-14)23-13-22-17/h3-4,11,15-16H,5-10,12-13H2,1-2H3/t15-,16?/m0/s1. The Bertz CT molecular complexity index is 563. The number of likely N-dealkylation sites (tertiary alicyclic amines) is 2. The van der Waals surface area contributed by atoms with Crippen LogP contribution in [0.15, 0.2) is 18.2 Å². The van der Waals surface area contributed by atoms with Crippen molar-refractivity contribution in [3.63, 3.8) is 0 Å². The van der Waals surface area contributed by atoms with Crippen LogP contribution in [0.3, 0.4) is 0 Å². The molecule has 3 heterocycles. The van der Waals surface area contributed by atoms with Gasteiger partial charge in [-0.2, -0.15) is 0 Å². The van der Waals surface area contributed by atoms with E-state index in [1.807, 2.05) is 6.07 Å². The van der Waals surface area contributed by atoms with Crippen LogP contribution in [0.4, 0.5) is 0 Å². The molecule has 0 spiro atoms. The maximum Gasteiger partial charge on any atom is 0.231 e. The average Bonchev–Trinajstić information content (AvgIpc) is 3.22. The first-order valence-electron chi connectivity index (χ1n) is 8.72. The number of likely N-dealkylation sites (N-methyl/N-ethyl adjacent to an activating group) is 1. The zero-order valence-corrected chi connectivity index (χ0v) is 14.2. The average molecular weight is 317 g/mol. The molecule has 3 aliphatic heterocycles. The van der Waals surface area contributed by atoms with Gasteiger partial charge in [0.05, 0.1) is 0 Å². The summed E-state index contributed by atoms with van der Waals surface area (Å²) < 4.78 is 10.9. The molecular formula is C18H27N3O2. The van der Waals surface area contributed by atoms with Gasteiger partial charge in [-0.05, 0) is 44.6 Å². The lowest BCUT2D eigenvalue weighted by molar-refractivity contribution is 0.174. The molecule has 4 rings (SSSR count). The Balaban J connectivity index is 1.38. The lowest BCUT2D eigenvalue weighted by Gasteiger charge is -2.26. The Morgan fingerprint density at radius 3 is 2.61 bits per heavy atom. The van der Waals surface area contributed by atoms with E-state index >= 15 is 0 Å². The topological polar surface area (TPSA) is 28.2 Å². The smallest absolute Gasteiger partial charge is 0.231 e. The maximum atomic E-state index is 5.51. The highest BCUT2D eigenvalue weighted by atomic mass is 16.7. The normalized spacial score (nSPS) is 27.1. The molecule has 2 atom stereocenters. The summed E-state index contributed by atoms with van der Waals surface area (Å²) in [5, 5.41) is 0. The van der Waals surface area contributed by atoms with Crippen molar-refractivity contribution >= 4 is 0 Å². The zero-order chi connectivity index (χ0) is 15.8. The van der Waals surface area contributed by atoms with Gasteiger partial charge in [-0.25, -0.2) is 0 Å². The molecule has 3 aliphatic rings. The SMILES string of the molecule is CN(C)CCN1CCC2[C@@H]1CCN2Cc1ccc2c(c1)OCO2. The van der Waals surface area contributed by atoms with E-state index < -0.39 is 0 Å². The number of fused-ring (bicyclic) bond motifs is 2. The van der Waals surface area contributed by atoms with Crippen molar-refractivity contribution in [2.45, 2.75) is 31.5 Å². The number of rotatable bonds is 5. The van der Waals surface area contributed by atoms with Gasteiger partial charge in [0.1, 0.15) is 0 Å². The molecular weight excluding hydrogens is 290 g/mol. The first kappa shape index (κ1) is 15.2. The van der Waals surface area contributed by atoms with Crippen LogP contribution in [0, 0.1) is 0 Å². The number of ether oxygens (including phenoxy) is 2. The van der Waals surface area contributed by atoms with Crippen LogP contribution < -0.4 is 9.47 Å². The highest BCUT2D eigenvalue weighted by Crippen LogP contribution is 2.35. The molecule has 5 nitrogen and oxygen atoms in total. The fourth-order valence-electron chi connectivity index (χ4n) is 4.24. The fourth-order valence-corrected chi connectivity index (χ4v) is 4.24. The minimum absolute atomic E-state index is 0.355. The summed E-state index contributed by atoms with van der Waals surface area (Å²) in [4.78, 5) is 7.65. The van der Waals surface area contributed by atoms with Crippen LogP contribution >= 0.6 is 0 Å². The highest BCUT2D eigenvalue weighted by Gasteiger charge is 2.41. The molecule has 0 amide bonds. The lowest BCUT2D eigenvalue weighted by atomic mass is 10.1. The number of nitrogens with zero attached hydrogens (tertiary/aromatic N) is 3. The van der Waals surface area contributed by atoms with E-state index in [0.29, 0.717) is 6.79 Å². The van der Waals surface area contributed by atoms with Crippen LogP contribution in [0.25, 0.3) is 0 Å². The molecule has 0 aromatic heterocycles. The van der Waals surface area contributed by atoms with Gasteiger partial charge in [0.15, 0.2) is 11.5 Å². The van der Waals surface area contributed by atoms with Crippen molar-refractivity contribution in [2.75, 3.05) is 47.1 Å². The summed E-state index contributed by atoms with van der Waals surface area (Å²) in [5.41, 5.74) is 1.33. The van der Waals surface area contributed by atoms with E-state index in [-0.39, 0.29) is 0 Å². The number of hydrogen-bond donors (Lipinski definition) is 0. The van der Waals surface area contributed by atoms with Gasteiger partial charge in [-0.1, -0.05) is 6.07 Å². The van der Waals surface area contributed by atoms with Gasteiger partial charge in [-0.3, -0.25) is 9.80 Å². The zero-order valence-electron chi connectivity index (χ0n) is 14.2. The molecule has 2 saturated heterocycles. The van der Waals surface area contributed by atoms with Crippen molar-refractivity contribution in [1.82, 2.24) is 14.7 Å². The molecule has 1 unspecified atom stereocenters. The summed E-state index contributed by atoms with van der Waals surface area (Å²) in [6.45, 7) is 6.20. The Kier molecular flexibility index (Phi) is 4.18. The monoisotopic (exact) mass is 317 g/mol. The second-order valence-electron chi connectivity index (χ2n) is 7.21. The van der Waals surface area contributed by atoms with Gasteiger partial charge in [0, 0.05) is 44.8 Å². The van der Waals surface area contributed by atoms with Crippen molar-refractivity contribution in [2.24, 2.45) is 0 Å². The van der Waals surface area contributed by atoms with Crippen LogP contribution in [0.1, 0.15) is 18.4 Å². The second-order valence-corrected chi connectivity index (χ2v) is 7.21. The predicted molar refractivity (Wildman–Crippen MR) is 89.9 cm³/mol. The first-order chi connectivity index (χ1) is 11.2. The highest BCUT2D eigenvalue weighted by molar-refractivity contribution is 5.44. The third-order valence-corrected chi connectivity index (χ3v) is 5.46. The molecule has 2 fully saturated rings. The largest absolute Gasteiger partial charge is 0.454 e. The molecule has 23 heavy (non-hydrogen) atoms. The summed E-state index contributed by atoms with van der Waals surface area (Å²) in [5.74, 6) is 1.78. The van der Waals surface area contributed by atoms with Crippen LogP contribution in [0.2, 0.25) is 0 Å². The molecule has 0 aliphatic carbocycles. The maximum absolute atomic E-state index is 5.51. The Hall–Kier alpha value is -1.30. The Morgan fingerprint density at radius 2 is 1.78 bits per heavy atom. The van der Waals surface area contributed by atoms with Crippen LogP contribution in [0.5, 0.6) is 11.5 Å². The predicted octanol–water partition coefficient (Wildman–Crippen LogP) is 1.63. The van der Waals surface area contributed by atoms with Crippen molar-refractivity contribution < 1.29 is 9.47 Å². The quantitative estimate of drug-likeness (QED) is 0.823. The number of hydrogen-bond acceptors (Lipinski definition) is 5. The van der Waals surface area contributed by atoms with E-state index in [1.54, 1.807) is 0 Å². The molecule has 0 radical (unpaired) electrons. The van der Waals surface area contributed by atoms with Gasteiger partial charge in [0.2, 0.25) is 6.79 Å². The third-order valence-electron chi connectivity index (χ3n) is 5.46. The first-order valence-corrected chi connectivity index (χ1v) is 8.72. The lowest BCUT2D eigenvalue weighted by Crippen LogP contribution is -2.39. The summed E-state index contributed by atoms with van der Waals surface area (Å²) in [7, 11) is 4.32. The van der Waals surface area contributed by atoms with Crippen LogP contribution in [-0.4, -0.2) is 73.9 Å². The molecule has 0 saturated carbocycles. The van der Waals surface area contributed by atoms with E-state index in [1.165, 1.54) is 38.0 Å². The van der Waals surface area contributed by atoms with E-state index in [0.717, 1.165) is 36.7 Å².